The third kappa shape index (κ3) is 2.20. The summed E-state index contributed by atoms with van der Waals surface area (Å²) in [4.78, 5) is 0. The van der Waals surface area contributed by atoms with Crippen molar-refractivity contribution in [2.45, 2.75) is 40.0 Å². The van der Waals surface area contributed by atoms with E-state index in [1.54, 1.807) is 0 Å². The van der Waals surface area contributed by atoms with Crippen LogP contribution < -0.4 is 5.73 Å². The fourth-order valence-corrected chi connectivity index (χ4v) is 2.00. The van der Waals surface area contributed by atoms with E-state index < -0.39 is 0 Å². The summed E-state index contributed by atoms with van der Waals surface area (Å²) in [5.74, 6) is 0. The van der Waals surface area contributed by atoms with Gasteiger partial charge < -0.3 is 11.1 Å². The van der Waals surface area contributed by atoms with Crippen LogP contribution >= 0.6 is 0 Å². The average molecular weight is 204 g/mol. The van der Waals surface area contributed by atoms with Crippen LogP contribution in [0.25, 0.3) is 0 Å². The van der Waals surface area contributed by atoms with Gasteiger partial charge in [0.15, 0.2) is 0 Å². The topological polar surface area (TPSA) is 49.9 Å². The van der Waals surface area contributed by atoms with E-state index in [2.05, 4.69) is 20.8 Å². The van der Waals surface area contributed by atoms with E-state index in [1.165, 1.54) is 22.9 Å². The maximum absolute atomic E-state index is 7.35. The van der Waals surface area contributed by atoms with Gasteiger partial charge in [0.05, 0.1) is 0 Å². The first kappa shape index (κ1) is 11.8. The Labute approximate surface area is 92.0 Å². The molecular formula is C13H20N2. The number of anilines is 1. The Hall–Kier alpha value is -1.31. The van der Waals surface area contributed by atoms with Crippen LogP contribution in [0.2, 0.25) is 0 Å². The molecule has 0 aliphatic carbocycles. The van der Waals surface area contributed by atoms with Crippen molar-refractivity contribution in [1.82, 2.24) is 0 Å². The molecule has 15 heavy (non-hydrogen) atoms. The first-order chi connectivity index (χ1) is 7.15. The Balaban J connectivity index is 3.38. The van der Waals surface area contributed by atoms with Crippen LogP contribution in [-0.4, -0.2) is 6.21 Å². The zero-order chi connectivity index (χ0) is 11.4. The van der Waals surface area contributed by atoms with Crippen molar-refractivity contribution in [2.24, 2.45) is 0 Å². The molecule has 0 atom stereocenters. The molecule has 3 N–H and O–H groups in total. The third-order valence-electron chi connectivity index (χ3n) is 2.94. The van der Waals surface area contributed by atoms with Gasteiger partial charge in [-0.15, -0.1) is 0 Å². The monoisotopic (exact) mass is 204 g/mol. The fraction of sp³-hybridized carbons (Fsp3) is 0.462. The highest BCUT2D eigenvalue weighted by Crippen LogP contribution is 2.25. The van der Waals surface area contributed by atoms with Crippen LogP contribution in [0.15, 0.2) is 6.07 Å². The summed E-state index contributed by atoms with van der Waals surface area (Å²) >= 11 is 0. The molecule has 0 heterocycles. The van der Waals surface area contributed by atoms with Crippen LogP contribution in [0.3, 0.4) is 0 Å². The molecule has 1 aromatic carbocycles. The Morgan fingerprint density at radius 2 is 2.07 bits per heavy atom. The van der Waals surface area contributed by atoms with E-state index in [4.69, 9.17) is 11.1 Å². The van der Waals surface area contributed by atoms with Gasteiger partial charge in [0.25, 0.3) is 0 Å². The van der Waals surface area contributed by atoms with Crippen LogP contribution in [0, 0.1) is 12.3 Å². The second kappa shape index (κ2) is 4.96. The maximum Gasteiger partial charge on any atom is 0.0438 e. The lowest BCUT2D eigenvalue weighted by molar-refractivity contribution is 0.907. The number of nitrogens with one attached hydrogen (secondary N) is 1. The Morgan fingerprint density at radius 1 is 1.40 bits per heavy atom. The van der Waals surface area contributed by atoms with Crippen molar-refractivity contribution >= 4 is 11.9 Å². The van der Waals surface area contributed by atoms with Crippen LogP contribution in [0.1, 0.15) is 42.5 Å². The van der Waals surface area contributed by atoms with Crippen molar-refractivity contribution in [3.05, 3.63) is 28.3 Å². The molecule has 0 bridgehead atoms. The van der Waals surface area contributed by atoms with Gasteiger partial charge in [0.1, 0.15) is 0 Å². The standard InChI is InChI=1S/C13H20N2/c1-4-6-12-9(3)10(5-2)7-11(8-14)13(12)15/h7-8,14H,4-6,15H2,1-3H3. The Bertz CT molecular complexity index is 367. The van der Waals surface area contributed by atoms with E-state index in [9.17, 15) is 0 Å². The SMILES string of the molecule is CCCc1c(C)c(CC)cc(C=N)c1N. The van der Waals surface area contributed by atoms with Crippen molar-refractivity contribution < 1.29 is 0 Å². The number of aryl methyl sites for hydroxylation is 1. The predicted octanol–water partition coefficient (Wildman–Crippen LogP) is 3.09. The van der Waals surface area contributed by atoms with Crippen LogP contribution in [0.5, 0.6) is 0 Å². The molecule has 82 valence electrons. The van der Waals surface area contributed by atoms with Gasteiger partial charge in [0.2, 0.25) is 0 Å². The molecule has 0 saturated carbocycles. The quantitative estimate of drug-likeness (QED) is 0.574. The van der Waals surface area contributed by atoms with Crippen molar-refractivity contribution in [2.75, 3.05) is 5.73 Å². The lowest BCUT2D eigenvalue weighted by Gasteiger charge is -2.15. The van der Waals surface area contributed by atoms with Crippen molar-refractivity contribution in [3.8, 4) is 0 Å². The van der Waals surface area contributed by atoms with Crippen molar-refractivity contribution in [1.29, 1.82) is 5.41 Å². The van der Waals surface area contributed by atoms with Gasteiger partial charge in [-0.3, -0.25) is 0 Å². The number of nitrogens with two attached hydrogens (primary N) is 1. The van der Waals surface area contributed by atoms with Crippen molar-refractivity contribution in [3.63, 3.8) is 0 Å². The van der Waals surface area contributed by atoms with Crippen LogP contribution in [-0.2, 0) is 12.8 Å². The summed E-state index contributed by atoms with van der Waals surface area (Å²) in [6, 6.07) is 2.04. The molecule has 0 amide bonds. The number of hydrogen-bond acceptors (Lipinski definition) is 2. The minimum atomic E-state index is 0.793. The molecule has 0 aliphatic rings. The molecule has 1 aromatic rings. The van der Waals surface area contributed by atoms with Gasteiger partial charge in [-0.25, -0.2) is 0 Å². The van der Waals surface area contributed by atoms with E-state index in [-0.39, 0.29) is 0 Å². The molecule has 0 fully saturated rings. The van der Waals surface area contributed by atoms with Crippen LogP contribution in [0.4, 0.5) is 5.69 Å². The molecule has 0 saturated heterocycles. The highest BCUT2D eigenvalue weighted by atomic mass is 14.6. The molecule has 2 nitrogen and oxygen atoms in total. The first-order valence-corrected chi connectivity index (χ1v) is 5.56. The smallest absolute Gasteiger partial charge is 0.0438 e. The summed E-state index contributed by atoms with van der Waals surface area (Å²) in [7, 11) is 0. The molecule has 0 aliphatic heterocycles. The van der Waals surface area contributed by atoms with Gasteiger partial charge in [0, 0.05) is 17.5 Å². The van der Waals surface area contributed by atoms with Gasteiger partial charge in [-0.1, -0.05) is 20.3 Å². The van der Waals surface area contributed by atoms with Gasteiger partial charge in [-0.05, 0) is 42.5 Å². The highest BCUT2D eigenvalue weighted by molar-refractivity contribution is 5.87. The molecule has 0 aromatic heterocycles. The predicted molar refractivity (Wildman–Crippen MR) is 66.9 cm³/mol. The van der Waals surface area contributed by atoms with E-state index in [0.29, 0.717) is 0 Å². The second-order valence-electron chi connectivity index (χ2n) is 3.89. The highest BCUT2D eigenvalue weighted by Gasteiger charge is 2.10. The summed E-state index contributed by atoms with van der Waals surface area (Å²) < 4.78 is 0. The Morgan fingerprint density at radius 3 is 2.53 bits per heavy atom. The minimum Gasteiger partial charge on any atom is -0.398 e. The number of hydrogen-bond donors (Lipinski definition) is 2. The van der Waals surface area contributed by atoms with Gasteiger partial charge in [-0.2, -0.15) is 0 Å². The molecule has 2 heteroatoms. The zero-order valence-electron chi connectivity index (χ0n) is 9.85. The molecule has 0 spiro atoms. The molecule has 0 radical (unpaired) electrons. The molecule has 0 unspecified atom stereocenters. The second-order valence-corrected chi connectivity index (χ2v) is 3.89. The lowest BCUT2D eigenvalue weighted by Crippen LogP contribution is -2.05. The maximum atomic E-state index is 7.35. The number of benzene rings is 1. The average Bonchev–Trinajstić information content (AvgIpc) is 2.25. The summed E-state index contributed by atoms with van der Waals surface area (Å²) in [5.41, 5.74) is 11.6. The number of rotatable bonds is 4. The summed E-state index contributed by atoms with van der Waals surface area (Å²) in [6.07, 6.45) is 4.46. The number of nitrogen functional groups attached to an aromatic ring is 1. The molecular weight excluding hydrogens is 184 g/mol. The van der Waals surface area contributed by atoms with Gasteiger partial charge >= 0.3 is 0 Å². The first-order valence-electron chi connectivity index (χ1n) is 5.56. The van der Waals surface area contributed by atoms with E-state index >= 15 is 0 Å². The Kier molecular flexibility index (Phi) is 3.89. The summed E-state index contributed by atoms with van der Waals surface area (Å²) in [6.45, 7) is 6.43. The normalized spacial score (nSPS) is 10.3. The molecule has 1 rings (SSSR count). The minimum absolute atomic E-state index is 0.793. The van der Waals surface area contributed by atoms with E-state index in [1.807, 2.05) is 6.07 Å². The largest absolute Gasteiger partial charge is 0.398 e. The van der Waals surface area contributed by atoms with E-state index in [0.717, 1.165) is 30.5 Å². The zero-order valence-corrected chi connectivity index (χ0v) is 9.85. The summed E-state index contributed by atoms with van der Waals surface area (Å²) in [5, 5.41) is 7.35. The fourth-order valence-electron chi connectivity index (χ4n) is 2.00. The lowest BCUT2D eigenvalue weighted by atomic mass is 9.93. The third-order valence-corrected chi connectivity index (χ3v) is 2.94.